The van der Waals surface area contributed by atoms with E-state index in [0.717, 1.165) is 17.7 Å². The molecule has 152 valence electrons. The number of ether oxygens (including phenoxy) is 1. The van der Waals surface area contributed by atoms with E-state index in [0.29, 0.717) is 5.69 Å². The van der Waals surface area contributed by atoms with Gasteiger partial charge in [-0.3, -0.25) is 9.79 Å². The Morgan fingerprint density at radius 1 is 1.10 bits per heavy atom. The molecule has 2 aromatic rings. The largest absolute Gasteiger partial charge is 0.464 e. The van der Waals surface area contributed by atoms with Crippen molar-refractivity contribution in [2.24, 2.45) is 10.9 Å². The van der Waals surface area contributed by atoms with Crippen molar-refractivity contribution < 1.29 is 23.1 Å². The van der Waals surface area contributed by atoms with Crippen LogP contribution in [0.2, 0.25) is 0 Å². The Labute approximate surface area is 168 Å². The van der Waals surface area contributed by atoms with Gasteiger partial charge in [0.05, 0.1) is 13.2 Å². The average Bonchev–Trinajstić information content (AvgIpc) is 2.68. The highest BCUT2D eigenvalue weighted by atomic mass is 19.1. The molecule has 0 saturated carbocycles. The molecule has 1 N–H and O–H groups in total. The van der Waals surface area contributed by atoms with E-state index in [-0.39, 0.29) is 17.7 Å². The first-order valence-electron chi connectivity index (χ1n) is 8.92. The first-order chi connectivity index (χ1) is 13.8. The van der Waals surface area contributed by atoms with E-state index in [4.69, 9.17) is 4.74 Å². The van der Waals surface area contributed by atoms with Crippen LogP contribution in [0.15, 0.2) is 60.1 Å². The highest BCUT2D eigenvalue weighted by Gasteiger charge is 2.20. The van der Waals surface area contributed by atoms with Crippen LogP contribution in [0.5, 0.6) is 0 Å². The van der Waals surface area contributed by atoms with Crippen LogP contribution in [0.4, 0.5) is 14.5 Å². The molecule has 0 fully saturated rings. The molecule has 0 aromatic heterocycles. The standard InChI is InChI=1S/C22H22F2N2O3/c1-5-18(22(28)29-4)26-20(13(2)3)14-9-11-15(12-10-14)25-21(27)19-16(23)7-6-8-17(19)24/h5-13,20H,1H2,2-4H3,(H,25,27). The van der Waals surface area contributed by atoms with Gasteiger partial charge in [0.2, 0.25) is 0 Å². The van der Waals surface area contributed by atoms with Crippen molar-refractivity contribution in [2.45, 2.75) is 19.9 Å². The fraction of sp³-hybridized carbons (Fsp3) is 0.227. The lowest BCUT2D eigenvalue weighted by Crippen LogP contribution is -2.17. The lowest BCUT2D eigenvalue weighted by molar-refractivity contribution is -0.132. The van der Waals surface area contributed by atoms with Crippen molar-refractivity contribution in [2.75, 3.05) is 12.4 Å². The van der Waals surface area contributed by atoms with Crippen LogP contribution in [-0.4, -0.2) is 24.7 Å². The highest BCUT2D eigenvalue weighted by molar-refractivity contribution is 6.41. The predicted molar refractivity (Wildman–Crippen MR) is 108 cm³/mol. The van der Waals surface area contributed by atoms with Gasteiger partial charge in [-0.25, -0.2) is 13.6 Å². The van der Waals surface area contributed by atoms with E-state index in [1.165, 1.54) is 19.3 Å². The van der Waals surface area contributed by atoms with Gasteiger partial charge in [-0.1, -0.05) is 38.6 Å². The quantitative estimate of drug-likeness (QED) is 0.540. The maximum absolute atomic E-state index is 13.8. The number of carbonyl (C=O) groups is 2. The molecule has 2 rings (SSSR count). The molecule has 5 nitrogen and oxygen atoms in total. The Balaban J connectivity index is 2.25. The number of benzene rings is 2. The number of halogens is 2. The molecular weight excluding hydrogens is 378 g/mol. The summed E-state index contributed by atoms with van der Waals surface area (Å²) in [5.74, 6) is -3.28. The van der Waals surface area contributed by atoms with Crippen molar-refractivity contribution >= 4 is 23.3 Å². The molecule has 0 bridgehead atoms. The number of esters is 1. The van der Waals surface area contributed by atoms with Crippen molar-refractivity contribution in [3.05, 3.63) is 77.9 Å². The molecule has 0 heterocycles. The van der Waals surface area contributed by atoms with Crippen molar-refractivity contribution in [3.8, 4) is 0 Å². The van der Waals surface area contributed by atoms with E-state index in [1.807, 2.05) is 13.8 Å². The van der Waals surface area contributed by atoms with Crippen LogP contribution in [0.3, 0.4) is 0 Å². The number of anilines is 1. The summed E-state index contributed by atoms with van der Waals surface area (Å²) in [7, 11) is 1.27. The molecule has 0 aliphatic rings. The van der Waals surface area contributed by atoms with E-state index >= 15 is 0 Å². The third kappa shape index (κ3) is 5.34. The number of hydrogen-bond donors (Lipinski definition) is 1. The molecule has 29 heavy (non-hydrogen) atoms. The summed E-state index contributed by atoms with van der Waals surface area (Å²) in [6.45, 7) is 7.48. The average molecular weight is 400 g/mol. The van der Waals surface area contributed by atoms with Crippen LogP contribution >= 0.6 is 0 Å². The number of amides is 1. The Morgan fingerprint density at radius 3 is 2.17 bits per heavy atom. The second kappa shape index (κ2) is 9.73. The van der Waals surface area contributed by atoms with Gasteiger partial charge in [0.15, 0.2) is 0 Å². The summed E-state index contributed by atoms with van der Waals surface area (Å²) in [5.41, 5.74) is 0.622. The smallest absolute Gasteiger partial charge is 0.356 e. The normalized spacial score (nSPS) is 12.4. The summed E-state index contributed by atoms with van der Waals surface area (Å²) in [5, 5.41) is 2.47. The SMILES string of the molecule is C=CC(=NC(c1ccc(NC(=O)c2c(F)cccc2F)cc1)C(C)C)C(=O)OC. The van der Waals surface area contributed by atoms with Gasteiger partial charge in [-0.15, -0.1) is 0 Å². The number of nitrogens with one attached hydrogen (secondary N) is 1. The molecule has 7 heteroatoms. The summed E-state index contributed by atoms with van der Waals surface area (Å²) < 4.78 is 32.2. The van der Waals surface area contributed by atoms with Gasteiger partial charge < -0.3 is 10.1 Å². The molecule has 0 aliphatic carbocycles. The number of aliphatic imine (C=N–C) groups is 1. The molecule has 0 saturated heterocycles. The van der Waals surface area contributed by atoms with E-state index in [9.17, 15) is 18.4 Å². The fourth-order valence-electron chi connectivity index (χ4n) is 2.72. The van der Waals surface area contributed by atoms with Gasteiger partial charge in [0, 0.05) is 5.69 Å². The zero-order valence-electron chi connectivity index (χ0n) is 16.4. The minimum absolute atomic E-state index is 0.0579. The minimum Gasteiger partial charge on any atom is -0.464 e. The van der Waals surface area contributed by atoms with Gasteiger partial charge >= 0.3 is 5.97 Å². The number of hydrogen-bond acceptors (Lipinski definition) is 4. The van der Waals surface area contributed by atoms with Crippen LogP contribution in [0, 0.1) is 17.6 Å². The second-order valence-corrected chi connectivity index (χ2v) is 6.57. The van der Waals surface area contributed by atoms with Crippen molar-refractivity contribution in [3.63, 3.8) is 0 Å². The molecular formula is C22H22F2N2O3. The van der Waals surface area contributed by atoms with Gasteiger partial charge in [-0.05, 0) is 41.8 Å². The number of rotatable bonds is 7. The van der Waals surface area contributed by atoms with E-state index < -0.39 is 29.1 Å². The molecule has 1 amide bonds. The third-order valence-corrected chi connectivity index (χ3v) is 4.20. The maximum Gasteiger partial charge on any atom is 0.356 e. The zero-order valence-corrected chi connectivity index (χ0v) is 16.4. The summed E-state index contributed by atoms with van der Waals surface area (Å²) in [6.07, 6.45) is 1.33. The fourth-order valence-corrected chi connectivity index (χ4v) is 2.72. The van der Waals surface area contributed by atoms with Crippen LogP contribution in [0.1, 0.15) is 35.8 Å². The number of methoxy groups -OCH3 is 1. The van der Waals surface area contributed by atoms with Gasteiger partial charge in [-0.2, -0.15) is 0 Å². The lowest BCUT2D eigenvalue weighted by atomic mass is 9.96. The Morgan fingerprint density at radius 2 is 1.69 bits per heavy atom. The predicted octanol–water partition coefficient (Wildman–Crippen LogP) is 4.71. The number of carbonyl (C=O) groups excluding carboxylic acids is 2. The first kappa shape index (κ1) is 21.9. The molecule has 0 radical (unpaired) electrons. The maximum atomic E-state index is 13.8. The Kier molecular flexibility index (Phi) is 7.36. The summed E-state index contributed by atoms with van der Waals surface area (Å²) in [6, 6.07) is 9.52. The van der Waals surface area contributed by atoms with Crippen LogP contribution in [0.25, 0.3) is 0 Å². The molecule has 0 spiro atoms. The van der Waals surface area contributed by atoms with E-state index in [2.05, 4.69) is 16.9 Å². The molecule has 1 atom stereocenters. The van der Waals surface area contributed by atoms with Gasteiger partial charge in [0.25, 0.3) is 5.91 Å². The highest BCUT2D eigenvalue weighted by Crippen LogP contribution is 2.28. The van der Waals surface area contributed by atoms with Crippen molar-refractivity contribution in [1.29, 1.82) is 0 Å². The monoisotopic (exact) mass is 400 g/mol. The second-order valence-electron chi connectivity index (χ2n) is 6.57. The van der Waals surface area contributed by atoms with Crippen molar-refractivity contribution in [1.82, 2.24) is 0 Å². The topological polar surface area (TPSA) is 67.8 Å². The zero-order chi connectivity index (χ0) is 21.6. The minimum atomic E-state index is -0.937. The molecule has 2 aromatic carbocycles. The number of nitrogens with zero attached hydrogens (tertiary/aromatic N) is 1. The van der Waals surface area contributed by atoms with E-state index in [1.54, 1.807) is 24.3 Å². The lowest BCUT2D eigenvalue weighted by Gasteiger charge is -2.18. The Bertz CT molecular complexity index is 917. The van der Waals surface area contributed by atoms with Gasteiger partial charge in [0.1, 0.15) is 22.9 Å². The molecule has 1 unspecified atom stereocenters. The first-order valence-corrected chi connectivity index (χ1v) is 8.92. The van der Waals surface area contributed by atoms with Crippen LogP contribution < -0.4 is 5.32 Å². The molecule has 0 aliphatic heterocycles. The summed E-state index contributed by atoms with van der Waals surface area (Å²) >= 11 is 0. The Hall–Kier alpha value is -3.35. The van der Waals surface area contributed by atoms with Crippen LogP contribution in [-0.2, 0) is 9.53 Å². The summed E-state index contributed by atoms with van der Waals surface area (Å²) in [4.78, 5) is 28.4. The third-order valence-electron chi connectivity index (χ3n) is 4.20.